The predicted octanol–water partition coefficient (Wildman–Crippen LogP) is 1.94. The molecule has 2 aromatic rings. The molecule has 0 fully saturated rings. The van der Waals surface area contributed by atoms with Crippen molar-refractivity contribution in [2.75, 3.05) is 19.0 Å². The van der Waals surface area contributed by atoms with Crippen LogP contribution in [0.4, 0.5) is 5.69 Å². The number of carbonyl (C=O) groups excluding carboxylic acids is 2. The Kier molecular flexibility index (Phi) is 5.37. The first-order chi connectivity index (χ1) is 10.6. The van der Waals surface area contributed by atoms with Gasteiger partial charge in [0.1, 0.15) is 5.75 Å². The van der Waals surface area contributed by atoms with Crippen molar-refractivity contribution < 1.29 is 14.3 Å². The lowest BCUT2D eigenvalue weighted by molar-refractivity contribution is -0.120. The fourth-order valence-electron chi connectivity index (χ4n) is 1.76. The largest absolute Gasteiger partial charge is 0.495 e. The van der Waals surface area contributed by atoms with E-state index in [0.29, 0.717) is 16.3 Å². The maximum absolute atomic E-state index is 11.8. The van der Waals surface area contributed by atoms with E-state index in [4.69, 9.17) is 4.74 Å². The summed E-state index contributed by atoms with van der Waals surface area (Å²) in [6.45, 7) is 1.93. The normalized spacial score (nSPS) is 9.91. The molecule has 0 bridgehead atoms. The third-order valence-electron chi connectivity index (χ3n) is 2.83. The SMILES string of the molecule is COc1ccccc1NCC(=O)NNC(=O)c1ccc(C)s1. The third kappa shape index (κ3) is 4.23. The molecule has 0 spiro atoms. The Morgan fingerprint density at radius 3 is 2.59 bits per heavy atom. The van der Waals surface area contributed by atoms with Crippen LogP contribution < -0.4 is 20.9 Å². The van der Waals surface area contributed by atoms with Crippen LogP contribution in [0, 0.1) is 6.92 Å². The molecular formula is C15H17N3O3S. The number of para-hydroxylation sites is 2. The standard InChI is InChI=1S/C15H17N3O3S/c1-10-7-8-13(22-10)15(20)18-17-14(19)9-16-11-5-3-4-6-12(11)21-2/h3-8,16H,9H2,1-2H3,(H,17,19)(H,18,20). The van der Waals surface area contributed by atoms with Crippen molar-refractivity contribution in [2.24, 2.45) is 0 Å². The highest BCUT2D eigenvalue weighted by Gasteiger charge is 2.09. The molecular weight excluding hydrogens is 302 g/mol. The first-order valence-corrected chi connectivity index (χ1v) is 7.44. The molecule has 7 heteroatoms. The Bertz CT molecular complexity index is 670. The fourth-order valence-corrected chi connectivity index (χ4v) is 2.52. The number of amides is 2. The second kappa shape index (κ2) is 7.46. The number of ether oxygens (including phenoxy) is 1. The molecule has 0 atom stereocenters. The van der Waals surface area contributed by atoms with E-state index in [-0.39, 0.29) is 18.4 Å². The van der Waals surface area contributed by atoms with Gasteiger partial charge in [-0.2, -0.15) is 0 Å². The molecule has 0 radical (unpaired) electrons. The Morgan fingerprint density at radius 1 is 1.14 bits per heavy atom. The Morgan fingerprint density at radius 2 is 1.91 bits per heavy atom. The Balaban J connectivity index is 1.80. The lowest BCUT2D eigenvalue weighted by atomic mass is 10.3. The topological polar surface area (TPSA) is 79.5 Å². The molecule has 0 aliphatic rings. The second-order valence-corrected chi connectivity index (χ2v) is 5.75. The molecule has 1 aromatic carbocycles. The summed E-state index contributed by atoms with van der Waals surface area (Å²) in [7, 11) is 1.56. The van der Waals surface area contributed by atoms with Crippen LogP contribution in [0.3, 0.4) is 0 Å². The summed E-state index contributed by atoms with van der Waals surface area (Å²) in [5.41, 5.74) is 5.45. The number of aryl methyl sites for hydroxylation is 1. The van der Waals surface area contributed by atoms with Crippen LogP contribution in [0.5, 0.6) is 5.75 Å². The van der Waals surface area contributed by atoms with E-state index in [0.717, 1.165) is 4.88 Å². The van der Waals surface area contributed by atoms with Crippen molar-refractivity contribution in [1.82, 2.24) is 10.9 Å². The minimum atomic E-state index is -0.354. The number of benzene rings is 1. The number of hydrogen-bond donors (Lipinski definition) is 3. The molecule has 6 nitrogen and oxygen atoms in total. The van der Waals surface area contributed by atoms with E-state index in [9.17, 15) is 9.59 Å². The van der Waals surface area contributed by atoms with Crippen molar-refractivity contribution in [3.8, 4) is 5.75 Å². The zero-order valence-corrected chi connectivity index (χ0v) is 13.1. The molecule has 0 saturated carbocycles. The number of nitrogens with one attached hydrogen (secondary N) is 3. The van der Waals surface area contributed by atoms with Gasteiger partial charge in [0, 0.05) is 4.88 Å². The summed E-state index contributed by atoms with van der Waals surface area (Å²) in [6, 6.07) is 10.8. The van der Waals surface area contributed by atoms with Crippen molar-refractivity contribution in [3.05, 3.63) is 46.2 Å². The molecule has 3 N–H and O–H groups in total. The monoisotopic (exact) mass is 319 g/mol. The molecule has 22 heavy (non-hydrogen) atoms. The average molecular weight is 319 g/mol. The van der Waals surface area contributed by atoms with Crippen molar-refractivity contribution in [1.29, 1.82) is 0 Å². The molecule has 0 saturated heterocycles. The van der Waals surface area contributed by atoms with Gasteiger partial charge in [-0.05, 0) is 31.2 Å². The Labute approximate surface area is 132 Å². The number of hydrogen-bond acceptors (Lipinski definition) is 5. The summed E-state index contributed by atoms with van der Waals surface area (Å²) in [5, 5.41) is 2.95. The van der Waals surface area contributed by atoms with Gasteiger partial charge in [-0.25, -0.2) is 0 Å². The highest BCUT2D eigenvalue weighted by Crippen LogP contribution is 2.22. The molecule has 1 aromatic heterocycles. The lowest BCUT2D eigenvalue weighted by Crippen LogP contribution is -2.43. The third-order valence-corrected chi connectivity index (χ3v) is 3.83. The van der Waals surface area contributed by atoms with Gasteiger partial charge >= 0.3 is 0 Å². The molecule has 2 amide bonds. The predicted molar refractivity (Wildman–Crippen MR) is 86.1 cm³/mol. The number of thiophene rings is 1. The highest BCUT2D eigenvalue weighted by molar-refractivity contribution is 7.13. The smallest absolute Gasteiger partial charge is 0.279 e. The maximum atomic E-state index is 11.8. The summed E-state index contributed by atoms with van der Waals surface area (Å²) >= 11 is 1.37. The molecule has 1 heterocycles. The Hall–Kier alpha value is -2.54. The second-order valence-electron chi connectivity index (χ2n) is 4.47. The van der Waals surface area contributed by atoms with Crippen molar-refractivity contribution >= 4 is 28.8 Å². The van der Waals surface area contributed by atoms with Gasteiger partial charge in [-0.3, -0.25) is 20.4 Å². The van der Waals surface area contributed by atoms with Crippen molar-refractivity contribution in [3.63, 3.8) is 0 Å². The van der Waals surface area contributed by atoms with Crippen LogP contribution in [0.15, 0.2) is 36.4 Å². The lowest BCUT2D eigenvalue weighted by Gasteiger charge is -2.11. The number of hydrazine groups is 1. The quantitative estimate of drug-likeness (QED) is 0.736. The number of rotatable bonds is 5. The van der Waals surface area contributed by atoms with Gasteiger partial charge < -0.3 is 10.1 Å². The fraction of sp³-hybridized carbons (Fsp3) is 0.200. The van der Waals surface area contributed by atoms with Gasteiger partial charge in [-0.15, -0.1) is 11.3 Å². The molecule has 0 aliphatic heterocycles. The molecule has 116 valence electrons. The van der Waals surface area contributed by atoms with E-state index in [2.05, 4.69) is 16.2 Å². The summed E-state index contributed by atoms with van der Waals surface area (Å²) in [6.07, 6.45) is 0. The zero-order chi connectivity index (χ0) is 15.9. The van der Waals surface area contributed by atoms with E-state index < -0.39 is 0 Å². The van der Waals surface area contributed by atoms with Crippen LogP contribution in [-0.2, 0) is 4.79 Å². The summed E-state index contributed by atoms with van der Waals surface area (Å²) in [5.74, 6) is -0.0373. The van der Waals surface area contributed by atoms with Crippen LogP contribution in [0.25, 0.3) is 0 Å². The number of carbonyl (C=O) groups is 2. The molecule has 2 rings (SSSR count). The van der Waals surface area contributed by atoms with E-state index in [1.54, 1.807) is 25.3 Å². The van der Waals surface area contributed by atoms with Crippen LogP contribution >= 0.6 is 11.3 Å². The van der Waals surface area contributed by atoms with E-state index >= 15 is 0 Å². The summed E-state index contributed by atoms with van der Waals surface area (Å²) in [4.78, 5) is 25.1. The summed E-state index contributed by atoms with van der Waals surface area (Å²) < 4.78 is 5.17. The van der Waals surface area contributed by atoms with Gasteiger partial charge in [-0.1, -0.05) is 12.1 Å². The molecule has 0 unspecified atom stereocenters. The van der Waals surface area contributed by atoms with Gasteiger partial charge in [0.2, 0.25) is 0 Å². The minimum absolute atomic E-state index is 0.0180. The number of anilines is 1. The molecule has 0 aliphatic carbocycles. The van der Waals surface area contributed by atoms with Gasteiger partial charge in [0.15, 0.2) is 0 Å². The zero-order valence-electron chi connectivity index (χ0n) is 12.3. The maximum Gasteiger partial charge on any atom is 0.279 e. The first kappa shape index (κ1) is 15.8. The minimum Gasteiger partial charge on any atom is -0.495 e. The number of methoxy groups -OCH3 is 1. The van der Waals surface area contributed by atoms with Crippen molar-refractivity contribution in [2.45, 2.75) is 6.92 Å². The highest BCUT2D eigenvalue weighted by atomic mass is 32.1. The van der Waals surface area contributed by atoms with Crippen LogP contribution in [0.2, 0.25) is 0 Å². The van der Waals surface area contributed by atoms with Crippen LogP contribution in [-0.4, -0.2) is 25.5 Å². The van der Waals surface area contributed by atoms with E-state index in [1.165, 1.54) is 11.3 Å². The van der Waals surface area contributed by atoms with E-state index in [1.807, 2.05) is 25.1 Å². The van der Waals surface area contributed by atoms with Gasteiger partial charge in [0.25, 0.3) is 11.8 Å². The first-order valence-electron chi connectivity index (χ1n) is 6.62. The van der Waals surface area contributed by atoms with Gasteiger partial charge in [0.05, 0.1) is 24.2 Å². The average Bonchev–Trinajstić information content (AvgIpc) is 2.97. The van der Waals surface area contributed by atoms with Crippen LogP contribution in [0.1, 0.15) is 14.5 Å².